The summed E-state index contributed by atoms with van der Waals surface area (Å²) in [6, 6.07) is 0. The van der Waals surface area contributed by atoms with Gasteiger partial charge in [0.15, 0.2) is 0 Å². The zero-order valence-electron chi connectivity index (χ0n) is 10.7. The molecule has 0 saturated heterocycles. The van der Waals surface area contributed by atoms with Crippen LogP contribution in [0.5, 0.6) is 0 Å². The first-order valence-electron chi connectivity index (χ1n) is 5.30. The molecule has 0 saturated carbocycles. The quantitative estimate of drug-likeness (QED) is 0.635. The number of rotatable bonds is 6. The molecule has 0 rings (SSSR count). The second-order valence-corrected chi connectivity index (χ2v) is 4.02. The Morgan fingerprint density at radius 2 is 1.81 bits per heavy atom. The summed E-state index contributed by atoms with van der Waals surface area (Å²) in [7, 11) is 2.78. The third-order valence-electron chi connectivity index (χ3n) is 2.35. The van der Waals surface area contributed by atoms with Crippen LogP contribution < -0.4 is 0 Å². The first kappa shape index (κ1) is 14.9. The van der Waals surface area contributed by atoms with Gasteiger partial charge in [0, 0.05) is 13.7 Å². The van der Waals surface area contributed by atoms with E-state index < -0.39 is 11.6 Å². The van der Waals surface area contributed by atoms with Crippen LogP contribution >= 0.6 is 0 Å². The molecule has 0 N–H and O–H groups in total. The van der Waals surface area contributed by atoms with Crippen molar-refractivity contribution in [3.05, 3.63) is 0 Å². The summed E-state index contributed by atoms with van der Waals surface area (Å²) in [6.07, 6.45) is 0.780. The maximum Gasteiger partial charge on any atom is 0.325 e. The molecule has 5 nitrogen and oxygen atoms in total. The third kappa shape index (κ3) is 4.18. The molecule has 16 heavy (non-hydrogen) atoms. The van der Waals surface area contributed by atoms with E-state index in [0.717, 1.165) is 6.42 Å². The standard InChI is InChI=1S/C11H21NO4/c1-6-7-12(8-9(13)15-4)10(14)11(2,3)16-5/h6-8H2,1-5H3. The van der Waals surface area contributed by atoms with Gasteiger partial charge in [0.05, 0.1) is 7.11 Å². The Morgan fingerprint density at radius 3 is 2.19 bits per heavy atom. The van der Waals surface area contributed by atoms with E-state index in [1.807, 2.05) is 6.92 Å². The van der Waals surface area contributed by atoms with Gasteiger partial charge in [-0.25, -0.2) is 0 Å². The lowest BCUT2D eigenvalue weighted by Crippen LogP contribution is -2.48. The maximum absolute atomic E-state index is 12.0. The highest BCUT2D eigenvalue weighted by atomic mass is 16.5. The van der Waals surface area contributed by atoms with E-state index in [9.17, 15) is 9.59 Å². The van der Waals surface area contributed by atoms with Crippen molar-refractivity contribution < 1.29 is 19.1 Å². The molecule has 0 aliphatic heterocycles. The molecule has 0 bridgehead atoms. The van der Waals surface area contributed by atoms with Gasteiger partial charge >= 0.3 is 5.97 Å². The Balaban J connectivity index is 4.64. The van der Waals surface area contributed by atoms with Crippen molar-refractivity contribution in [2.75, 3.05) is 27.3 Å². The van der Waals surface area contributed by atoms with Crippen LogP contribution in [0.3, 0.4) is 0 Å². The molecule has 0 atom stereocenters. The summed E-state index contributed by atoms with van der Waals surface area (Å²) in [5, 5.41) is 0. The lowest BCUT2D eigenvalue weighted by Gasteiger charge is -2.29. The fraction of sp³-hybridized carbons (Fsp3) is 0.818. The molecule has 1 amide bonds. The summed E-state index contributed by atoms with van der Waals surface area (Å²) in [6.45, 7) is 5.78. The fourth-order valence-electron chi connectivity index (χ4n) is 1.21. The summed E-state index contributed by atoms with van der Waals surface area (Å²) < 4.78 is 9.65. The minimum atomic E-state index is -0.914. The van der Waals surface area contributed by atoms with Gasteiger partial charge in [-0.3, -0.25) is 9.59 Å². The van der Waals surface area contributed by atoms with Crippen LogP contribution in [-0.2, 0) is 19.1 Å². The minimum absolute atomic E-state index is 0.0318. The Hall–Kier alpha value is -1.10. The van der Waals surface area contributed by atoms with Crippen LogP contribution in [0.25, 0.3) is 0 Å². The highest BCUT2D eigenvalue weighted by molar-refractivity contribution is 5.87. The number of hydrogen-bond acceptors (Lipinski definition) is 4. The largest absolute Gasteiger partial charge is 0.468 e. The molecule has 0 aromatic rings. The summed E-state index contributed by atoms with van der Waals surface area (Å²) in [5.74, 6) is -0.629. The van der Waals surface area contributed by atoms with E-state index in [1.54, 1.807) is 13.8 Å². The van der Waals surface area contributed by atoms with Gasteiger partial charge in [0.25, 0.3) is 5.91 Å². The smallest absolute Gasteiger partial charge is 0.325 e. The van der Waals surface area contributed by atoms with E-state index in [2.05, 4.69) is 4.74 Å². The molecule has 0 aliphatic rings. The Labute approximate surface area is 96.7 Å². The highest BCUT2D eigenvalue weighted by Crippen LogP contribution is 2.12. The number of amides is 1. The molecule has 0 spiro atoms. The Morgan fingerprint density at radius 1 is 1.25 bits per heavy atom. The Kier molecular flexibility index (Phi) is 6.03. The van der Waals surface area contributed by atoms with Gasteiger partial charge < -0.3 is 14.4 Å². The predicted octanol–water partition coefficient (Wildman–Crippen LogP) is 0.823. The van der Waals surface area contributed by atoms with E-state index in [0.29, 0.717) is 6.54 Å². The molecule has 5 heteroatoms. The minimum Gasteiger partial charge on any atom is -0.468 e. The summed E-state index contributed by atoms with van der Waals surface area (Å²) >= 11 is 0. The third-order valence-corrected chi connectivity index (χ3v) is 2.35. The van der Waals surface area contributed by atoms with Crippen molar-refractivity contribution in [3.63, 3.8) is 0 Å². The van der Waals surface area contributed by atoms with Crippen molar-refractivity contribution in [1.29, 1.82) is 0 Å². The van der Waals surface area contributed by atoms with Crippen molar-refractivity contribution in [1.82, 2.24) is 4.90 Å². The lowest BCUT2D eigenvalue weighted by molar-refractivity contribution is -0.157. The molecule has 0 unspecified atom stereocenters. The van der Waals surface area contributed by atoms with Gasteiger partial charge in [-0.2, -0.15) is 0 Å². The van der Waals surface area contributed by atoms with Gasteiger partial charge in [-0.1, -0.05) is 6.92 Å². The normalized spacial score (nSPS) is 11.1. The number of carbonyl (C=O) groups excluding carboxylic acids is 2. The SMILES string of the molecule is CCCN(CC(=O)OC)C(=O)C(C)(C)OC. The lowest BCUT2D eigenvalue weighted by atomic mass is 10.1. The summed E-state index contributed by atoms with van der Waals surface area (Å²) in [5.41, 5.74) is -0.914. The maximum atomic E-state index is 12.0. The van der Waals surface area contributed by atoms with E-state index in [1.165, 1.54) is 19.1 Å². The highest BCUT2D eigenvalue weighted by Gasteiger charge is 2.32. The number of ether oxygens (including phenoxy) is 2. The van der Waals surface area contributed by atoms with Gasteiger partial charge in [0.1, 0.15) is 12.1 Å². The molecule has 0 fully saturated rings. The zero-order chi connectivity index (χ0) is 12.8. The average Bonchev–Trinajstić information content (AvgIpc) is 2.27. The van der Waals surface area contributed by atoms with Crippen LogP contribution in [0, 0.1) is 0 Å². The number of esters is 1. The first-order valence-corrected chi connectivity index (χ1v) is 5.30. The van der Waals surface area contributed by atoms with Gasteiger partial charge in [-0.05, 0) is 20.3 Å². The molecular weight excluding hydrogens is 210 g/mol. The fourth-order valence-corrected chi connectivity index (χ4v) is 1.21. The van der Waals surface area contributed by atoms with Crippen LogP contribution in [0.4, 0.5) is 0 Å². The van der Waals surface area contributed by atoms with Crippen molar-refractivity contribution in [2.24, 2.45) is 0 Å². The van der Waals surface area contributed by atoms with Gasteiger partial charge in [0.2, 0.25) is 0 Å². The molecule has 0 heterocycles. The zero-order valence-corrected chi connectivity index (χ0v) is 10.7. The molecule has 0 aliphatic carbocycles. The van der Waals surface area contributed by atoms with E-state index in [4.69, 9.17) is 4.74 Å². The van der Waals surface area contributed by atoms with E-state index in [-0.39, 0.29) is 12.5 Å². The second kappa shape index (κ2) is 6.48. The van der Waals surface area contributed by atoms with Crippen LogP contribution in [0.15, 0.2) is 0 Å². The first-order chi connectivity index (χ1) is 7.38. The molecule has 0 radical (unpaired) electrons. The Bertz CT molecular complexity index is 250. The van der Waals surface area contributed by atoms with Crippen molar-refractivity contribution in [2.45, 2.75) is 32.8 Å². The van der Waals surface area contributed by atoms with Crippen LogP contribution in [-0.4, -0.2) is 49.7 Å². The van der Waals surface area contributed by atoms with Crippen LogP contribution in [0.2, 0.25) is 0 Å². The summed E-state index contributed by atoms with van der Waals surface area (Å²) in [4.78, 5) is 24.6. The molecule has 0 aromatic carbocycles. The van der Waals surface area contributed by atoms with Gasteiger partial charge in [-0.15, -0.1) is 0 Å². The molecular formula is C11H21NO4. The monoisotopic (exact) mass is 231 g/mol. The number of nitrogens with zero attached hydrogens (tertiary/aromatic N) is 1. The van der Waals surface area contributed by atoms with Crippen molar-refractivity contribution >= 4 is 11.9 Å². The van der Waals surface area contributed by atoms with Crippen LogP contribution in [0.1, 0.15) is 27.2 Å². The second-order valence-electron chi connectivity index (χ2n) is 4.02. The molecule has 0 aromatic heterocycles. The number of carbonyl (C=O) groups is 2. The number of hydrogen-bond donors (Lipinski definition) is 0. The topological polar surface area (TPSA) is 55.8 Å². The average molecular weight is 231 g/mol. The van der Waals surface area contributed by atoms with Crippen molar-refractivity contribution in [3.8, 4) is 0 Å². The number of methoxy groups -OCH3 is 2. The predicted molar refractivity (Wildman–Crippen MR) is 60.0 cm³/mol. The molecule has 94 valence electrons. The van der Waals surface area contributed by atoms with E-state index >= 15 is 0 Å².